The number of rotatable bonds is 13. The van der Waals surface area contributed by atoms with E-state index in [1.165, 1.54) is 25.5 Å². The molecule has 16 heteroatoms. The van der Waals surface area contributed by atoms with Gasteiger partial charge in [0.15, 0.2) is 18.1 Å². The lowest BCUT2D eigenvalue weighted by atomic mass is 9.95. The molecule has 3 amide bonds. The molecule has 1 aliphatic rings. The first-order valence-corrected chi connectivity index (χ1v) is 15.8. The highest BCUT2D eigenvalue weighted by atomic mass is 127. The van der Waals surface area contributed by atoms with Gasteiger partial charge in [0.1, 0.15) is 12.4 Å². The Labute approximate surface area is 291 Å². The van der Waals surface area contributed by atoms with Gasteiger partial charge < -0.3 is 29.6 Å². The molecule has 3 aromatic rings. The van der Waals surface area contributed by atoms with Crippen LogP contribution in [-0.2, 0) is 20.9 Å². The van der Waals surface area contributed by atoms with Crippen LogP contribution in [0.1, 0.15) is 36.6 Å². The van der Waals surface area contributed by atoms with Crippen molar-refractivity contribution in [3.05, 3.63) is 101 Å². The predicted molar refractivity (Wildman–Crippen MR) is 182 cm³/mol. The number of halogens is 2. The number of methoxy groups -OCH3 is 1. The molecule has 0 fully saturated rings. The summed E-state index contributed by atoms with van der Waals surface area (Å²) in [6, 6.07) is 13.2. The molecule has 14 nitrogen and oxygen atoms in total. The van der Waals surface area contributed by atoms with Crippen molar-refractivity contribution in [1.82, 2.24) is 16.1 Å². The standard InChI is InChI=1S/C31H29BrIN5O9/c1-4-45-30(40)27-17(2)35-31(41)36-28(27)19-7-10-24(25(12-19)44-3)46-16-26(39)37-34-14-20-11-21(32)13-23(33)29(20)47-15-18-5-8-22(9-6-18)38(42)43/h5-14,28H,4,15-16H2,1-3H3,(H,37,39)(H2,35,36,41)/b34-14+/t28-/m1/s1. The molecular weight excluding hydrogens is 793 g/mol. The number of allylic oxidation sites excluding steroid dienone is 1. The van der Waals surface area contributed by atoms with E-state index < -0.39 is 35.5 Å². The second-order valence-corrected chi connectivity index (χ2v) is 11.9. The number of benzene rings is 3. The molecule has 47 heavy (non-hydrogen) atoms. The molecule has 4 rings (SSSR count). The maximum Gasteiger partial charge on any atom is 0.338 e. The number of hydrogen-bond acceptors (Lipinski definition) is 10. The summed E-state index contributed by atoms with van der Waals surface area (Å²) in [6.45, 7) is 3.22. The van der Waals surface area contributed by atoms with Crippen molar-refractivity contribution in [2.45, 2.75) is 26.5 Å². The average Bonchev–Trinajstić information content (AvgIpc) is 3.03. The van der Waals surface area contributed by atoms with Gasteiger partial charge in [-0.15, -0.1) is 0 Å². The fourth-order valence-corrected chi connectivity index (χ4v) is 6.16. The van der Waals surface area contributed by atoms with Gasteiger partial charge in [-0.2, -0.15) is 5.10 Å². The molecule has 0 radical (unpaired) electrons. The highest BCUT2D eigenvalue weighted by molar-refractivity contribution is 14.1. The minimum absolute atomic E-state index is 0.0145. The molecule has 0 aliphatic carbocycles. The number of hydrogen-bond donors (Lipinski definition) is 3. The Bertz CT molecular complexity index is 1750. The average molecular weight is 822 g/mol. The maximum absolute atomic E-state index is 12.6. The summed E-state index contributed by atoms with van der Waals surface area (Å²) in [6.07, 6.45) is 1.43. The minimum atomic E-state index is -0.799. The van der Waals surface area contributed by atoms with Crippen molar-refractivity contribution >= 4 is 68.3 Å². The Morgan fingerprint density at radius 2 is 1.87 bits per heavy atom. The largest absolute Gasteiger partial charge is 0.493 e. The van der Waals surface area contributed by atoms with E-state index in [-0.39, 0.29) is 36.0 Å². The summed E-state index contributed by atoms with van der Waals surface area (Å²) in [7, 11) is 1.42. The number of carbonyl (C=O) groups is 3. The van der Waals surface area contributed by atoms with Crippen molar-refractivity contribution in [2.24, 2.45) is 5.10 Å². The lowest BCUT2D eigenvalue weighted by Gasteiger charge is -2.28. The summed E-state index contributed by atoms with van der Waals surface area (Å²) in [5.41, 5.74) is 4.86. The van der Waals surface area contributed by atoms with Gasteiger partial charge >= 0.3 is 12.0 Å². The number of nitro groups is 1. The number of nitro benzene ring substituents is 1. The summed E-state index contributed by atoms with van der Waals surface area (Å²) in [5, 5.41) is 20.3. The number of esters is 1. The lowest BCUT2D eigenvalue weighted by molar-refractivity contribution is -0.384. The van der Waals surface area contributed by atoms with E-state index >= 15 is 0 Å². The third kappa shape index (κ3) is 9.19. The highest BCUT2D eigenvalue weighted by Gasteiger charge is 2.32. The fourth-order valence-electron chi connectivity index (χ4n) is 4.45. The van der Waals surface area contributed by atoms with Gasteiger partial charge in [0.05, 0.1) is 40.0 Å². The Balaban J connectivity index is 1.40. The third-order valence-corrected chi connectivity index (χ3v) is 7.86. The van der Waals surface area contributed by atoms with E-state index in [9.17, 15) is 24.5 Å². The zero-order valence-corrected chi connectivity index (χ0v) is 29.0. The van der Waals surface area contributed by atoms with E-state index in [0.29, 0.717) is 22.6 Å². The number of non-ortho nitro benzene ring substituents is 1. The Morgan fingerprint density at radius 3 is 2.55 bits per heavy atom. The van der Waals surface area contributed by atoms with Gasteiger partial charge in [0.2, 0.25) is 0 Å². The molecule has 0 aromatic heterocycles. The van der Waals surface area contributed by atoms with Crippen molar-refractivity contribution in [3.63, 3.8) is 0 Å². The number of hydrazone groups is 1. The molecule has 1 aliphatic heterocycles. The normalized spacial score (nSPS) is 14.2. The van der Waals surface area contributed by atoms with E-state index in [1.807, 2.05) is 6.07 Å². The smallest absolute Gasteiger partial charge is 0.338 e. The van der Waals surface area contributed by atoms with Crippen LogP contribution in [0.5, 0.6) is 17.2 Å². The van der Waals surface area contributed by atoms with E-state index in [4.69, 9.17) is 18.9 Å². The molecule has 1 atom stereocenters. The SMILES string of the molecule is CCOC(=O)C1=C(C)NC(=O)N[C@@H]1c1ccc(OCC(=O)N/N=C/c2cc(Br)cc(I)c2OCc2ccc([N+](=O)[O-])cc2)c(OC)c1. The van der Waals surface area contributed by atoms with Crippen LogP contribution < -0.4 is 30.3 Å². The monoisotopic (exact) mass is 821 g/mol. The zero-order chi connectivity index (χ0) is 34.1. The van der Waals surface area contributed by atoms with Gasteiger partial charge in [0, 0.05) is 27.9 Å². The maximum atomic E-state index is 12.6. The van der Waals surface area contributed by atoms with Crippen molar-refractivity contribution in [1.29, 1.82) is 0 Å². The molecular formula is C31H29BrIN5O9. The Kier molecular flexibility index (Phi) is 12.1. The van der Waals surface area contributed by atoms with E-state index in [2.05, 4.69) is 59.7 Å². The first-order valence-electron chi connectivity index (χ1n) is 13.9. The van der Waals surface area contributed by atoms with Crippen LogP contribution in [0, 0.1) is 13.7 Å². The van der Waals surface area contributed by atoms with Crippen molar-refractivity contribution in [3.8, 4) is 17.2 Å². The molecule has 3 N–H and O–H groups in total. The number of nitrogens with zero attached hydrogens (tertiary/aromatic N) is 2. The lowest BCUT2D eigenvalue weighted by Crippen LogP contribution is -2.45. The van der Waals surface area contributed by atoms with Gasteiger partial charge in [-0.25, -0.2) is 15.0 Å². The number of ether oxygens (including phenoxy) is 4. The zero-order valence-electron chi connectivity index (χ0n) is 25.3. The molecule has 0 spiro atoms. The van der Waals surface area contributed by atoms with Crippen molar-refractivity contribution < 1.29 is 38.3 Å². The number of amides is 3. The fraction of sp³-hybridized carbons (Fsp3) is 0.226. The summed E-state index contributed by atoms with van der Waals surface area (Å²) in [5.74, 6) is -0.102. The second kappa shape index (κ2) is 16.2. The molecule has 1 heterocycles. The van der Waals surface area contributed by atoms with Crippen LogP contribution in [0.25, 0.3) is 0 Å². The molecule has 0 bridgehead atoms. The van der Waals surface area contributed by atoms with E-state index in [1.54, 1.807) is 50.2 Å². The molecule has 0 saturated heterocycles. The second-order valence-electron chi connectivity index (χ2n) is 9.80. The van der Waals surface area contributed by atoms with E-state index in [0.717, 1.165) is 13.6 Å². The van der Waals surface area contributed by atoms with Crippen LogP contribution in [0.15, 0.2) is 75.4 Å². The summed E-state index contributed by atoms with van der Waals surface area (Å²) in [4.78, 5) is 47.9. The van der Waals surface area contributed by atoms with Crippen LogP contribution in [0.3, 0.4) is 0 Å². The topological polar surface area (TPSA) is 180 Å². The van der Waals surface area contributed by atoms with Crippen LogP contribution in [0.4, 0.5) is 10.5 Å². The Hall–Kier alpha value is -4.71. The van der Waals surface area contributed by atoms with Gasteiger partial charge in [-0.3, -0.25) is 14.9 Å². The molecule has 3 aromatic carbocycles. The van der Waals surface area contributed by atoms with Gasteiger partial charge in [-0.05, 0) is 84.0 Å². The highest BCUT2D eigenvalue weighted by Crippen LogP contribution is 2.35. The predicted octanol–water partition coefficient (Wildman–Crippen LogP) is 5.27. The van der Waals surface area contributed by atoms with Gasteiger partial charge in [-0.1, -0.05) is 22.0 Å². The number of carbonyl (C=O) groups excluding carboxylic acids is 3. The van der Waals surface area contributed by atoms with Crippen LogP contribution in [0.2, 0.25) is 0 Å². The summed E-state index contributed by atoms with van der Waals surface area (Å²) >= 11 is 5.56. The molecule has 0 unspecified atom stereocenters. The number of urea groups is 1. The van der Waals surface area contributed by atoms with Crippen molar-refractivity contribution in [2.75, 3.05) is 20.3 Å². The van der Waals surface area contributed by atoms with Gasteiger partial charge in [0.25, 0.3) is 11.6 Å². The summed E-state index contributed by atoms with van der Waals surface area (Å²) < 4.78 is 23.8. The quantitative estimate of drug-likeness (QED) is 0.0681. The first kappa shape index (κ1) is 35.1. The Morgan fingerprint density at radius 1 is 1.13 bits per heavy atom. The first-order chi connectivity index (χ1) is 22.5. The molecule has 0 saturated carbocycles. The third-order valence-electron chi connectivity index (χ3n) is 6.60. The molecule has 246 valence electrons. The van der Waals surface area contributed by atoms with Crippen LogP contribution in [-0.4, -0.2) is 49.4 Å². The minimum Gasteiger partial charge on any atom is -0.493 e. The number of nitrogens with one attached hydrogen (secondary N) is 3. The van der Waals surface area contributed by atoms with Crippen LogP contribution >= 0.6 is 38.5 Å².